The van der Waals surface area contributed by atoms with Crippen LogP contribution in [0.2, 0.25) is 0 Å². The molecule has 0 saturated heterocycles. The lowest BCUT2D eigenvalue weighted by Crippen LogP contribution is -2.09. The van der Waals surface area contributed by atoms with E-state index in [-0.39, 0.29) is 18.5 Å². The summed E-state index contributed by atoms with van der Waals surface area (Å²) in [6, 6.07) is 4.17. The van der Waals surface area contributed by atoms with E-state index >= 15 is 0 Å². The molecule has 1 atom stereocenters. The number of halogens is 1. The van der Waals surface area contributed by atoms with Gasteiger partial charge in [-0.3, -0.25) is 0 Å². The molecule has 0 aliphatic heterocycles. The first kappa shape index (κ1) is 12.9. The Kier molecular flexibility index (Phi) is 5.22. The molecular weight excluding hydrogens is 209 g/mol. The van der Waals surface area contributed by atoms with Crippen molar-refractivity contribution in [3.8, 4) is 5.75 Å². The Labute approximate surface area is 95.0 Å². The van der Waals surface area contributed by atoms with Gasteiger partial charge in [0.15, 0.2) is 0 Å². The summed E-state index contributed by atoms with van der Waals surface area (Å²) in [6.45, 7) is 2.43. The van der Waals surface area contributed by atoms with Crippen molar-refractivity contribution in [2.45, 2.75) is 25.8 Å². The molecule has 1 rings (SSSR count). The van der Waals surface area contributed by atoms with Crippen molar-refractivity contribution in [1.82, 2.24) is 0 Å². The first-order valence-corrected chi connectivity index (χ1v) is 5.44. The van der Waals surface area contributed by atoms with E-state index in [2.05, 4.69) is 0 Å². The average molecular weight is 227 g/mol. The van der Waals surface area contributed by atoms with Crippen LogP contribution in [0.15, 0.2) is 18.2 Å². The summed E-state index contributed by atoms with van der Waals surface area (Å²) in [5.41, 5.74) is 6.55. The van der Waals surface area contributed by atoms with Gasteiger partial charge in [-0.25, -0.2) is 4.39 Å². The highest BCUT2D eigenvalue weighted by atomic mass is 19.1. The second kappa shape index (κ2) is 6.45. The van der Waals surface area contributed by atoms with Crippen LogP contribution in [-0.2, 0) is 0 Å². The normalized spacial score (nSPS) is 12.5. The lowest BCUT2D eigenvalue weighted by atomic mass is 10.1. The molecule has 0 aromatic heterocycles. The molecule has 1 aromatic rings. The van der Waals surface area contributed by atoms with Crippen LogP contribution in [0.3, 0.4) is 0 Å². The first-order chi connectivity index (χ1) is 7.65. The fourth-order valence-corrected chi connectivity index (χ4v) is 1.41. The van der Waals surface area contributed by atoms with Crippen molar-refractivity contribution in [2.24, 2.45) is 5.73 Å². The van der Waals surface area contributed by atoms with Gasteiger partial charge in [0.1, 0.15) is 11.6 Å². The van der Waals surface area contributed by atoms with Gasteiger partial charge in [-0.15, -0.1) is 0 Å². The summed E-state index contributed by atoms with van der Waals surface area (Å²) in [4.78, 5) is 0. The highest BCUT2D eigenvalue weighted by Crippen LogP contribution is 2.24. The second-order valence-corrected chi connectivity index (χ2v) is 3.75. The van der Waals surface area contributed by atoms with Crippen LogP contribution in [0.5, 0.6) is 5.75 Å². The highest BCUT2D eigenvalue weighted by molar-refractivity contribution is 5.36. The number of benzene rings is 1. The van der Waals surface area contributed by atoms with Gasteiger partial charge in [0, 0.05) is 24.3 Å². The fourth-order valence-electron chi connectivity index (χ4n) is 1.41. The Morgan fingerprint density at radius 1 is 1.44 bits per heavy atom. The molecule has 1 aromatic carbocycles. The number of rotatable bonds is 6. The van der Waals surface area contributed by atoms with Gasteiger partial charge < -0.3 is 15.6 Å². The zero-order valence-corrected chi connectivity index (χ0v) is 9.45. The van der Waals surface area contributed by atoms with Crippen LogP contribution in [0.1, 0.15) is 31.4 Å². The minimum Gasteiger partial charge on any atom is -0.493 e. The molecule has 1 unspecified atom stereocenters. The minimum atomic E-state index is -0.332. The van der Waals surface area contributed by atoms with E-state index in [0.29, 0.717) is 18.8 Å². The smallest absolute Gasteiger partial charge is 0.126 e. The maximum absolute atomic E-state index is 13.0. The monoisotopic (exact) mass is 227 g/mol. The Hall–Kier alpha value is -1.13. The summed E-state index contributed by atoms with van der Waals surface area (Å²) in [7, 11) is 0. The van der Waals surface area contributed by atoms with Crippen LogP contribution in [0.25, 0.3) is 0 Å². The molecule has 0 radical (unpaired) electrons. The Morgan fingerprint density at radius 2 is 2.19 bits per heavy atom. The molecule has 0 heterocycles. The van der Waals surface area contributed by atoms with Crippen LogP contribution in [-0.4, -0.2) is 18.3 Å². The van der Waals surface area contributed by atoms with E-state index in [1.54, 1.807) is 6.07 Å². The third-order valence-corrected chi connectivity index (χ3v) is 2.28. The van der Waals surface area contributed by atoms with E-state index in [4.69, 9.17) is 15.6 Å². The van der Waals surface area contributed by atoms with Gasteiger partial charge in [-0.05, 0) is 25.8 Å². The van der Waals surface area contributed by atoms with Gasteiger partial charge >= 0.3 is 0 Å². The van der Waals surface area contributed by atoms with E-state index in [0.717, 1.165) is 12.0 Å². The van der Waals surface area contributed by atoms with E-state index in [1.165, 1.54) is 12.1 Å². The van der Waals surface area contributed by atoms with Gasteiger partial charge in [0.05, 0.1) is 6.61 Å². The number of ether oxygens (including phenoxy) is 1. The highest BCUT2D eigenvalue weighted by Gasteiger charge is 2.09. The van der Waals surface area contributed by atoms with E-state index < -0.39 is 0 Å². The molecular formula is C12H18FNO2. The summed E-state index contributed by atoms with van der Waals surface area (Å²) in [5, 5.41) is 8.61. The zero-order chi connectivity index (χ0) is 12.0. The molecule has 0 spiro atoms. The van der Waals surface area contributed by atoms with Gasteiger partial charge in [0.2, 0.25) is 0 Å². The summed E-state index contributed by atoms with van der Waals surface area (Å²) in [6.07, 6.45) is 1.42. The molecule has 0 fully saturated rings. The molecule has 0 aliphatic carbocycles. The number of hydrogen-bond acceptors (Lipinski definition) is 3. The molecule has 90 valence electrons. The lowest BCUT2D eigenvalue weighted by molar-refractivity contribution is 0.251. The summed E-state index contributed by atoms with van der Waals surface area (Å²) >= 11 is 0. The number of unbranched alkanes of at least 4 members (excludes halogenated alkanes) is 1. The Bertz CT molecular complexity index is 329. The van der Waals surface area contributed by atoms with Crippen molar-refractivity contribution >= 4 is 0 Å². The topological polar surface area (TPSA) is 55.5 Å². The molecule has 16 heavy (non-hydrogen) atoms. The summed E-state index contributed by atoms with van der Waals surface area (Å²) in [5.74, 6) is 0.162. The van der Waals surface area contributed by atoms with Gasteiger partial charge in [0.25, 0.3) is 0 Å². The molecule has 0 aliphatic rings. The van der Waals surface area contributed by atoms with Crippen molar-refractivity contribution in [3.63, 3.8) is 0 Å². The summed E-state index contributed by atoms with van der Waals surface area (Å²) < 4.78 is 18.5. The van der Waals surface area contributed by atoms with Crippen LogP contribution >= 0.6 is 0 Å². The van der Waals surface area contributed by atoms with E-state index in [1.807, 2.05) is 6.92 Å². The Balaban J connectivity index is 2.65. The number of nitrogens with two attached hydrogens (primary N) is 1. The molecule has 0 saturated carbocycles. The van der Waals surface area contributed by atoms with Crippen molar-refractivity contribution < 1.29 is 14.2 Å². The van der Waals surface area contributed by atoms with Crippen LogP contribution in [0, 0.1) is 5.82 Å². The number of hydrogen-bond donors (Lipinski definition) is 2. The quantitative estimate of drug-likeness (QED) is 0.731. The molecule has 3 nitrogen and oxygen atoms in total. The number of aliphatic hydroxyl groups excluding tert-OH is 1. The minimum absolute atomic E-state index is 0.145. The maximum Gasteiger partial charge on any atom is 0.126 e. The third kappa shape index (κ3) is 3.79. The van der Waals surface area contributed by atoms with Crippen molar-refractivity contribution in [1.29, 1.82) is 0 Å². The standard InChI is InChI=1S/C12H18FNO2/c1-9(14)11-5-4-10(13)8-12(11)16-7-3-2-6-15/h4-5,8-9,15H,2-3,6-7,14H2,1H3. The van der Waals surface area contributed by atoms with E-state index in [9.17, 15) is 4.39 Å². The molecule has 3 N–H and O–H groups in total. The fraction of sp³-hybridized carbons (Fsp3) is 0.500. The van der Waals surface area contributed by atoms with Gasteiger partial charge in [-0.1, -0.05) is 6.07 Å². The van der Waals surface area contributed by atoms with Crippen LogP contribution in [0.4, 0.5) is 4.39 Å². The average Bonchev–Trinajstić information content (AvgIpc) is 2.24. The molecule has 4 heteroatoms. The lowest BCUT2D eigenvalue weighted by Gasteiger charge is -2.13. The SMILES string of the molecule is CC(N)c1ccc(F)cc1OCCCCO. The largest absolute Gasteiger partial charge is 0.493 e. The van der Waals surface area contributed by atoms with Crippen molar-refractivity contribution in [2.75, 3.05) is 13.2 Å². The predicted molar refractivity (Wildman–Crippen MR) is 60.8 cm³/mol. The van der Waals surface area contributed by atoms with Gasteiger partial charge in [-0.2, -0.15) is 0 Å². The maximum atomic E-state index is 13.0. The zero-order valence-electron chi connectivity index (χ0n) is 9.45. The molecule has 0 bridgehead atoms. The Morgan fingerprint density at radius 3 is 2.81 bits per heavy atom. The third-order valence-electron chi connectivity index (χ3n) is 2.28. The van der Waals surface area contributed by atoms with Crippen molar-refractivity contribution in [3.05, 3.63) is 29.6 Å². The first-order valence-electron chi connectivity index (χ1n) is 5.44. The predicted octanol–water partition coefficient (Wildman–Crippen LogP) is 2.00. The van der Waals surface area contributed by atoms with Crippen LogP contribution < -0.4 is 10.5 Å². The molecule has 0 amide bonds. The number of aliphatic hydroxyl groups is 1. The second-order valence-electron chi connectivity index (χ2n) is 3.75.